The van der Waals surface area contributed by atoms with Crippen LogP contribution in [0.5, 0.6) is 0 Å². The van der Waals surface area contributed by atoms with Crippen molar-refractivity contribution in [2.75, 3.05) is 12.0 Å². The highest BCUT2D eigenvalue weighted by molar-refractivity contribution is 7.98. The fraction of sp³-hybridized carbons (Fsp3) is 0.333. The van der Waals surface area contributed by atoms with Crippen molar-refractivity contribution >= 4 is 35.2 Å². The summed E-state index contributed by atoms with van der Waals surface area (Å²) in [5.74, 6) is -2.10. The summed E-state index contributed by atoms with van der Waals surface area (Å²) in [6.07, 6.45) is 2.11. The summed E-state index contributed by atoms with van der Waals surface area (Å²) in [5.41, 5.74) is -0.222. The van der Waals surface area contributed by atoms with Crippen molar-refractivity contribution in [3.05, 3.63) is 34.6 Å². The van der Waals surface area contributed by atoms with Gasteiger partial charge in [-0.15, -0.1) is 0 Å². The van der Waals surface area contributed by atoms with Crippen molar-refractivity contribution < 1.29 is 19.1 Å². The first-order chi connectivity index (χ1) is 8.95. The van der Waals surface area contributed by atoms with Gasteiger partial charge in [0.05, 0.1) is 5.56 Å². The number of hydrogen-bond acceptors (Lipinski definition) is 3. The number of aliphatic carboxylic acids is 1. The van der Waals surface area contributed by atoms with E-state index in [1.165, 1.54) is 23.9 Å². The van der Waals surface area contributed by atoms with E-state index in [0.717, 1.165) is 6.07 Å². The molecule has 1 aromatic carbocycles. The Labute approximate surface area is 119 Å². The summed E-state index contributed by atoms with van der Waals surface area (Å²) in [6.45, 7) is 0. The van der Waals surface area contributed by atoms with Crippen molar-refractivity contribution in [2.24, 2.45) is 0 Å². The first kappa shape index (κ1) is 15.8. The lowest BCUT2D eigenvalue weighted by atomic mass is 10.1. The first-order valence-corrected chi connectivity index (χ1v) is 7.20. The van der Waals surface area contributed by atoms with Gasteiger partial charge in [-0.1, -0.05) is 11.6 Å². The van der Waals surface area contributed by atoms with Gasteiger partial charge in [-0.3, -0.25) is 4.79 Å². The molecule has 0 bridgehead atoms. The highest BCUT2D eigenvalue weighted by atomic mass is 35.5. The van der Waals surface area contributed by atoms with Gasteiger partial charge in [-0.05, 0) is 36.6 Å². The molecule has 0 aliphatic carbocycles. The predicted molar refractivity (Wildman–Crippen MR) is 73.3 cm³/mol. The first-order valence-electron chi connectivity index (χ1n) is 5.43. The van der Waals surface area contributed by atoms with Gasteiger partial charge in [0.15, 0.2) is 0 Å². The minimum Gasteiger partial charge on any atom is -0.480 e. The Morgan fingerprint density at radius 3 is 2.74 bits per heavy atom. The number of benzene rings is 1. The van der Waals surface area contributed by atoms with Crippen LogP contribution in [-0.2, 0) is 4.79 Å². The molecule has 2 N–H and O–H groups in total. The van der Waals surface area contributed by atoms with Crippen molar-refractivity contribution in [1.29, 1.82) is 0 Å². The van der Waals surface area contributed by atoms with E-state index in [9.17, 15) is 14.0 Å². The molecule has 4 nitrogen and oxygen atoms in total. The van der Waals surface area contributed by atoms with E-state index in [1.54, 1.807) is 0 Å². The summed E-state index contributed by atoms with van der Waals surface area (Å²) in [6, 6.07) is 2.57. The number of carboxylic acids is 1. The summed E-state index contributed by atoms with van der Waals surface area (Å²) in [4.78, 5) is 22.8. The predicted octanol–water partition coefficient (Wildman–Crippen LogP) is 2.42. The molecule has 1 atom stereocenters. The summed E-state index contributed by atoms with van der Waals surface area (Å²) in [5, 5.41) is 11.4. The smallest absolute Gasteiger partial charge is 0.326 e. The Kier molecular flexibility index (Phi) is 6.11. The number of carbonyl (C=O) groups excluding carboxylic acids is 1. The van der Waals surface area contributed by atoms with Crippen molar-refractivity contribution in [3.63, 3.8) is 0 Å². The number of hydrogen-bond donors (Lipinski definition) is 2. The molecule has 0 heterocycles. The van der Waals surface area contributed by atoms with Crippen LogP contribution in [0.1, 0.15) is 16.8 Å². The molecule has 0 fully saturated rings. The zero-order chi connectivity index (χ0) is 14.4. The van der Waals surface area contributed by atoms with E-state index in [-0.39, 0.29) is 17.0 Å². The average molecular weight is 306 g/mol. The molecule has 19 heavy (non-hydrogen) atoms. The molecular weight excluding hydrogens is 293 g/mol. The van der Waals surface area contributed by atoms with Gasteiger partial charge in [-0.25, -0.2) is 9.18 Å². The van der Waals surface area contributed by atoms with Crippen LogP contribution in [0.25, 0.3) is 0 Å². The van der Waals surface area contributed by atoms with Crippen LogP contribution in [0.4, 0.5) is 4.39 Å². The van der Waals surface area contributed by atoms with Crippen LogP contribution in [0.3, 0.4) is 0 Å². The molecule has 0 aliphatic heterocycles. The second-order valence-corrected chi connectivity index (χ2v) is 5.19. The maximum absolute atomic E-state index is 13.5. The third-order valence-electron chi connectivity index (χ3n) is 2.39. The summed E-state index contributed by atoms with van der Waals surface area (Å²) < 4.78 is 13.5. The summed E-state index contributed by atoms with van der Waals surface area (Å²) >= 11 is 7.05. The van der Waals surface area contributed by atoms with E-state index in [0.29, 0.717) is 5.75 Å². The highest BCUT2D eigenvalue weighted by Gasteiger charge is 2.21. The second-order valence-electron chi connectivity index (χ2n) is 3.77. The fourth-order valence-electron chi connectivity index (χ4n) is 1.40. The molecule has 1 unspecified atom stereocenters. The molecule has 7 heteroatoms. The molecule has 0 saturated carbocycles. The number of thioether (sulfide) groups is 1. The Morgan fingerprint density at radius 1 is 1.53 bits per heavy atom. The number of amides is 1. The zero-order valence-electron chi connectivity index (χ0n) is 10.2. The highest BCUT2D eigenvalue weighted by Crippen LogP contribution is 2.15. The van der Waals surface area contributed by atoms with Crippen LogP contribution in [0.15, 0.2) is 18.2 Å². The van der Waals surface area contributed by atoms with E-state index < -0.39 is 23.7 Å². The monoisotopic (exact) mass is 305 g/mol. The van der Waals surface area contributed by atoms with Crippen LogP contribution in [-0.4, -0.2) is 35.0 Å². The van der Waals surface area contributed by atoms with Crippen LogP contribution in [0.2, 0.25) is 5.02 Å². The molecule has 0 aliphatic rings. The fourth-order valence-corrected chi connectivity index (χ4v) is 2.03. The molecule has 0 saturated heterocycles. The number of rotatable bonds is 6. The third kappa shape index (κ3) is 4.72. The van der Waals surface area contributed by atoms with Crippen LogP contribution < -0.4 is 5.32 Å². The quantitative estimate of drug-likeness (QED) is 0.847. The zero-order valence-corrected chi connectivity index (χ0v) is 11.7. The normalized spacial score (nSPS) is 11.9. The van der Waals surface area contributed by atoms with E-state index in [4.69, 9.17) is 16.7 Å². The molecule has 1 rings (SSSR count). The standard InChI is InChI=1S/C12H13ClFNO3S/c1-19-5-4-10(12(17)18)15-11(16)8-3-2-7(13)6-9(8)14/h2-3,6,10H,4-5H2,1H3,(H,15,16)(H,17,18). The van der Waals surface area contributed by atoms with Gasteiger partial charge >= 0.3 is 5.97 Å². The largest absolute Gasteiger partial charge is 0.480 e. The van der Waals surface area contributed by atoms with Gasteiger partial charge in [0.1, 0.15) is 11.9 Å². The second kappa shape index (κ2) is 7.35. The lowest BCUT2D eigenvalue weighted by Crippen LogP contribution is -2.41. The van der Waals surface area contributed by atoms with E-state index >= 15 is 0 Å². The van der Waals surface area contributed by atoms with Crippen molar-refractivity contribution in [1.82, 2.24) is 5.32 Å². The van der Waals surface area contributed by atoms with Crippen LogP contribution in [0, 0.1) is 5.82 Å². The maximum atomic E-state index is 13.5. The average Bonchev–Trinajstić information content (AvgIpc) is 2.33. The lowest BCUT2D eigenvalue weighted by Gasteiger charge is -2.14. The molecule has 0 radical (unpaired) electrons. The summed E-state index contributed by atoms with van der Waals surface area (Å²) in [7, 11) is 0. The lowest BCUT2D eigenvalue weighted by molar-refractivity contribution is -0.139. The van der Waals surface area contributed by atoms with Gasteiger partial charge in [0.25, 0.3) is 5.91 Å². The number of halogens is 2. The molecule has 1 amide bonds. The topological polar surface area (TPSA) is 66.4 Å². The minimum absolute atomic E-state index is 0.172. The van der Waals surface area contributed by atoms with Gasteiger partial charge in [-0.2, -0.15) is 11.8 Å². The Hall–Kier alpha value is -1.27. The number of carboxylic acid groups (broad SMARTS) is 1. The van der Waals surface area contributed by atoms with Gasteiger partial charge in [0.2, 0.25) is 0 Å². The van der Waals surface area contributed by atoms with Crippen molar-refractivity contribution in [3.8, 4) is 0 Å². The third-order valence-corrected chi connectivity index (χ3v) is 3.27. The van der Waals surface area contributed by atoms with E-state index in [1.807, 2.05) is 6.26 Å². The Bertz CT molecular complexity index is 484. The molecule has 1 aromatic rings. The molecule has 0 aromatic heterocycles. The minimum atomic E-state index is -1.14. The SMILES string of the molecule is CSCCC(NC(=O)c1ccc(Cl)cc1F)C(=O)O. The maximum Gasteiger partial charge on any atom is 0.326 e. The van der Waals surface area contributed by atoms with Crippen LogP contribution >= 0.6 is 23.4 Å². The Morgan fingerprint density at radius 2 is 2.21 bits per heavy atom. The Balaban J connectivity index is 2.78. The van der Waals surface area contributed by atoms with Gasteiger partial charge < -0.3 is 10.4 Å². The van der Waals surface area contributed by atoms with Crippen molar-refractivity contribution in [2.45, 2.75) is 12.5 Å². The van der Waals surface area contributed by atoms with Gasteiger partial charge in [0, 0.05) is 5.02 Å². The molecular formula is C12H13ClFNO3S. The van der Waals surface area contributed by atoms with E-state index in [2.05, 4.69) is 5.32 Å². The molecule has 0 spiro atoms. The number of nitrogens with one attached hydrogen (secondary N) is 1. The molecule has 104 valence electrons. The number of carbonyl (C=O) groups is 2.